The van der Waals surface area contributed by atoms with E-state index >= 15 is 0 Å². The van der Waals surface area contributed by atoms with Crippen LogP contribution in [-0.4, -0.2) is 31.8 Å². The fourth-order valence-electron chi connectivity index (χ4n) is 1.30. The highest BCUT2D eigenvalue weighted by Crippen LogP contribution is 2.12. The zero-order valence-corrected chi connectivity index (χ0v) is 10.6. The molecule has 96 valence electrons. The zero-order valence-electron chi connectivity index (χ0n) is 9.85. The summed E-state index contributed by atoms with van der Waals surface area (Å²) >= 11 is 5.91. The summed E-state index contributed by atoms with van der Waals surface area (Å²) in [5, 5.41) is 9.96. The van der Waals surface area contributed by atoms with Gasteiger partial charge in [0, 0.05) is 12.7 Å². The summed E-state index contributed by atoms with van der Waals surface area (Å²) in [5.41, 5.74) is 0. The third-order valence-electron chi connectivity index (χ3n) is 2.08. The number of ether oxygens (including phenoxy) is 1. The molecule has 2 N–H and O–H groups in total. The third-order valence-corrected chi connectivity index (χ3v) is 2.27. The van der Waals surface area contributed by atoms with E-state index in [0.29, 0.717) is 36.6 Å². The summed E-state index contributed by atoms with van der Waals surface area (Å²) in [6.45, 7) is 3.35. The van der Waals surface area contributed by atoms with Gasteiger partial charge >= 0.3 is 0 Å². The predicted octanol–water partition coefficient (Wildman–Crippen LogP) is 1.40. The van der Waals surface area contributed by atoms with Crippen molar-refractivity contribution in [3.63, 3.8) is 0 Å². The van der Waals surface area contributed by atoms with Crippen molar-refractivity contribution < 1.29 is 4.74 Å². The summed E-state index contributed by atoms with van der Waals surface area (Å²) < 4.78 is 5.24. The average Bonchev–Trinajstić information content (AvgIpc) is 2.86. The minimum Gasteiger partial charge on any atom is -0.374 e. The van der Waals surface area contributed by atoms with Gasteiger partial charge in [-0.2, -0.15) is 5.10 Å². The lowest BCUT2D eigenvalue weighted by Crippen LogP contribution is -2.06. The third kappa shape index (κ3) is 3.64. The Hall–Kier alpha value is -1.73. The van der Waals surface area contributed by atoms with Crippen molar-refractivity contribution in [1.82, 2.24) is 25.1 Å². The van der Waals surface area contributed by atoms with E-state index in [4.69, 9.17) is 16.3 Å². The van der Waals surface area contributed by atoms with E-state index in [1.165, 1.54) is 6.33 Å². The van der Waals surface area contributed by atoms with Gasteiger partial charge in [-0.3, -0.25) is 5.10 Å². The van der Waals surface area contributed by atoms with Crippen molar-refractivity contribution in [2.24, 2.45) is 0 Å². The van der Waals surface area contributed by atoms with Crippen LogP contribution in [0.4, 0.5) is 5.82 Å². The number of hydrogen-bond acceptors (Lipinski definition) is 6. The van der Waals surface area contributed by atoms with Crippen LogP contribution in [0, 0.1) is 0 Å². The average molecular weight is 269 g/mol. The standard InChI is InChI=1S/C10H13ClN6O/c1-2-18-5-10-15-7(11)3-8(16-10)12-4-9-13-6-14-17-9/h3,6H,2,4-5H2,1H3,(H,12,15,16)(H,13,14,17). The van der Waals surface area contributed by atoms with E-state index in [1.54, 1.807) is 6.07 Å². The van der Waals surface area contributed by atoms with Gasteiger partial charge in [0.05, 0.1) is 6.54 Å². The van der Waals surface area contributed by atoms with Crippen molar-refractivity contribution in [1.29, 1.82) is 0 Å². The Morgan fingerprint density at radius 2 is 2.33 bits per heavy atom. The maximum Gasteiger partial charge on any atom is 0.158 e. The molecule has 8 heteroatoms. The molecule has 0 unspecified atom stereocenters. The van der Waals surface area contributed by atoms with E-state index in [0.717, 1.165) is 5.82 Å². The van der Waals surface area contributed by atoms with Crippen molar-refractivity contribution in [2.45, 2.75) is 20.1 Å². The molecule has 2 rings (SSSR count). The minimum absolute atomic E-state index is 0.341. The number of rotatable bonds is 6. The zero-order chi connectivity index (χ0) is 12.8. The van der Waals surface area contributed by atoms with Gasteiger partial charge in [0.1, 0.15) is 29.7 Å². The second-order valence-electron chi connectivity index (χ2n) is 3.41. The molecule has 0 atom stereocenters. The minimum atomic E-state index is 0.341. The monoisotopic (exact) mass is 268 g/mol. The van der Waals surface area contributed by atoms with Crippen LogP contribution in [0.5, 0.6) is 0 Å². The first-order valence-corrected chi connectivity index (χ1v) is 5.85. The molecule has 0 aliphatic carbocycles. The van der Waals surface area contributed by atoms with Gasteiger partial charge in [0.25, 0.3) is 0 Å². The van der Waals surface area contributed by atoms with E-state index in [2.05, 4.69) is 30.5 Å². The maximum atomic E-state index is 5.91. The summed E-state index contributed by atoms with van der Waals surface area (Å²) in [6, 6.07) is 1.65. The number of aromatic nitrogens is 5. The molecule has 0 radical (unpaired) electrons. The van der Waals surface area contributed by atoms with Gasteiger partial charge in [-0.1, -0.05) is 11.6 Å². The molecule has 0 saturated carbocycles. The van der Waals surface area contributed by atoms with E-state index in [-0.39, 0.29) is 0 Å². The van der Waals surface area contributed by atoms with Gasteiger partial charge in [0.15, 0.2) is 5.82 Å². The van der Waals surface area contributed by atoms with Gasteiger partial charge in [0.2, 0.25) is 0 Å². The Bertz CT molecular complexity index is 489. The largest absolute Gasteiger partial charge is 0.374 e. The van der Waals surface area contributed by atoms with E-state index in [9.17, 15) is 0 Å². The van der Waals surface area contributed by atoms with Gasteiger partial charge in [-0.15, -0.1) is 0 Å². The van der Waals surface area contributed by atoms with Gasteiger partial charge < -0.3 is 10.1 Å². The summed E-state index contributed by atoms with van der Waals surface area (Å²) in [5.74, 6) is 1.89. The number of anilines is 1. The lowest BCUT2D eigenvalue weighted by atomic mass is 10.5. The second kappa shape index (κ2) is 6.27. The molecule has 0 saturated heterocycles. The SMILES string of the molecule is CCOCc1nc(Cl)cc(NCc2ncn[nH]2)n1. The first-order chi connectivity index (χ1) is 8.78. The highest BCUT2D eigenvalue weighted by molar-refractivity contribution is 6.29. The highest BCUT2D eigenvalue weighted by atomic mass is 35.5. The maximum absolute atomic E-state index is 5.91. The van der Waals surface area contributed by atoms with Crippen LogP contribution < -0.4 is 5.32 Å². The van der Waals surface area contributed by atoms with Crippen molar-refractivity contribution in [3.05, 3.63) is 29.2 Å². The molecule has 2 aromatic rings. The molecule has 0 fully saturated rings. The van der Waals surface area contributed by atoms with E-state index in [1.807, 2.05) is 6.92 Å². The van der Waals surface area contributed by atoms with Crippen molar-refractivity contribution in [2.75, 3.05) is 11.9 Å². The van der Waals surface area contributed by atoms with Crippen LogP contribution in [0.15, 0.2) is 12.4 Å². The number of hydrogen-bond donors (Lipinski definition) is 2. The molecule has 18 heavy (non-hydrogen) atoms. The molecular formula is C10H13ClN6O. The molecule has 2 aromatic heterocycles. The van der Waals surface area contributed by atoms with Crippen LogP contribution in [0.25, 0.3) is 0 Å². The summed E-state index contributed by atoms with van der Waals surface area (Å²) in [7, 11) is 0. The van der Waals surface area contributed by atoms with Crippen molar-refractivity contribution >= 4 is 17.4 Å². The first kappa shape index (κ1) is 12.7. The molecule has 0 amide bonds. The molecule has 0 bridgehead atoms. The normalized spacial score (nSPS) is 10.6. The number of H-pyrrole nitrogens is 1. The van der Waals surface area contributed by atoms with Crippen LogP contribution in [0.1, 0.15) is 18.6 Å². The Balaban J connectivity index is 2.00. The summed E-state index contributed by atoms with van der Waals surface area (Å²) in [6.07, 6.45) is 1.45. The van der Waals surface area contributed by atoms with Crippen LogP contribution in [0.3, 0.4) is 0 Å². The Labute approximate surface area is 109 Å². The van der Waals surface area contributed by atoms with Crippen LogP contribution in [-0.2, 0) is 17.9 Å². The molecule has 0 spiro atoms. The quantitative estimate of drug-likeness (QED) is 0.770. The number of nitrogens with zero attached hydrogens (tertiary/aromatic N) is 4. The number of aromatic amines is 1. The molecular weight excluding hydrogens is 256 g/mol. The number of halogens is 1. The van der Waals surface area contributed by atoms with Gasteiger partial charge in [-0.25, -0.2) is 15.0 Å². The van der Waals surface area contributed by atoms with Crippen LogP contribution >= 0.6 is 11.6 Å². The molecule has 0 aliphatic rings. The highest BCUT2D eigenvalue weighted by Gasteiger charge is 2.04. The van der Waals surface area contributed by atoms with Crippen LogP contribution in [0.2, 0.25) is 5.15 Å². The fraction of sp³-hybridized carbons (Fsp3) is 0.400. The molecule has 0 aromatic carbocycles. The first-order valence-electron chi connectivity index (χ1n) is 5.47. The predicted molar refractivity (Wildman–Crippen MR) is 66.1 cm³/mol. The fourth-order valence-corrected chi connectivity index (χ4v) is 1.50. The van der Waals surface area contributed by atoms with Crippen molar-refractivity contribution in [3.8, 4) is 0 Å². The Morgan fingerprint density at radius 1 is 1.44 bits per heavy atom. The Morgan fingerprint density at radius 3 is 3.06 bits per heavy atom. The lowest BCUT2D eigenvalue weighted by molar-refractivity contribution is 0.128. The topological polar surface area (TPSA) is 88.6 Å². The number of nitrogens with one attached hydrogen (secondary N) is 2. The van der Waals surface area contributed by atoms with Gasteiger partial charge in [-0.05, 0) is 6.92 Å². The lowest BCUT2D eigenvalue weighted by Gasteiger charge is -2.06. The smallest absolute Gasteiger partial charge is 0.158 e. The molecule has 2 heterocycles. The van der Waals surface area contributed by atoms with E-state index < -0.39 is 0 Å². The second-order valence-corrected chi connectivity index (χ2v) is 3.80. The molecule has 0 aliphatic heterocycles. The molecule has 7 nitrogen and oxygen atoms in total. The Kier molecular flexibility index (Phi) is 4.43. The summed E-state index contributed by atoms with van der Waals surface area (Å²) in [4.78, 5) is 12.3.